The molecule has 3 aromatic rings. The number of hydrogen-bond donors (Lipinski definition) is 2. The highest BCUT2D eigenvalue weighted by atomic mass is 32.1. The quantitative estimate of drug-likeness (QED) is 0.525. The lowest BCUT2D eigenvalue weighted by atomic mass is 10.1. The zero-order valence-corrected chi connectivity index (χ0v) is 12.5. The number of H-pyrrole nitrogens is 1. The van der Waals surface area contributed by atoms with Gasteiger partial charge in [0.25, 0.3) is 0 Å². The summed E-state index contributed by atoms with van der Waals surface area (Å²) in [6.45, 7) is 4.22. The molecule has 0 saturated carbocycles. The van der Waals surface area contributed by atoms with Crippen LogP contribution >= 0.6 is 12.6 Å². The highest BCUT2D eigenvalue weighted by Gasteiger charge is 2.17. The number of rotatable bonds is 2. The Hall–Kier alpha value is -2.00. The van der Waals surface area contributed by atoms with Crippen LogP contribution in [0.5, 0.6) is 0 Å². The smallest absolute Gasteiger partial charge is 0.231 e. The topological polar surface area (TPSA) is 19.7 Å². The summed E-state index contributed by atoms with van der Waals surface area (Å²) in [6.07, 6.45) is 2.10. The first kappa shape index (κ1) is 13.0. The molecule has 0 aliphatic heterocycles. The second-order valence-electron chi connectivity index (χ2n) is 5.02. The third-order valence-electron chi connectivity index (χ3n) is 3.44. The van der Waals surface area contributed by atoms with Crippen molar-refractivity contribution in [3.05, 3.63) is 65.9 Å². The van der Waals surface area contributed by atoms with E-state index >= 15 is 0 Å². The summed E-state index contributed by atoms with van der Waals surface area (Å²) in [5.41, 5.74) is 5.86. The van der Waals surface area contributed by atoms with Crippen LogP contribution in [0.3, 0.4) is 0 Å². The molecule has 0 atom stereocenters. The first-order valence-corrected chi connectivity index (χ1v) is 7.06. The van der Waals surface area contributed by atoms with E-state index in [1.165, 1.54) is 11.1 Å². The van der Waals surface area contributed by atoms with Gasteiger partial charge in [0.2, 0.25) is 0 Å². The molecule has 100 valence electrons. The fourth-order valence-electron chi connectivity index (χ4n) is 2.33. The van der Waals surface area contributed by atoms with Crippen molar-refractivity contribution in [3.63, 3.8) is 0 Å². The van der Waals surface area contributed by atoms with Crippen molar-refractivity contribution < 1.29 is 4.57 Å². The first-order valence-electron chi connectivity index (χ1n) is 6.62. The molecule has 0 radical (unpaired) electrons. The van der Waals surface area contributed by atoms with Crippen LogP contribution in [0.4, 0.5) is 0 Å². The molecule has 20 heavy (non-hydrogen) atoms. The maximum atomic E-state index is 4.57. The van der Waals surface area contributed by atoms with Crippen LogP contribution in [0.1, 0.15) is 11.1 Å². The molecule has 0 aliphatic rings. The lowest BCUT2D eigenvalue weighted by Gasteiger charge is -2.03. The van der Waals surface area contributed by atoms with Crippen LogP contribution in [0.2, 0.25) is 0 Å². The van der Waals surface area contributed by atoms with Gasteiger partial charge in [-0.1, -0.05) is 55.1 Å². The van der Waals surface area contributed by atoms with Crippen LogP contribution in [0, 0.1) is 13.8 Å². The van der Waals surface area contributed by atoms with E-state index in [2.05, 4.69) is 72.6 Å². The van der Waals surface area contributed by atoms with E-state index in [1.54, 1.807) is 0 Å². The number of nitrogens with zero attached hydrogens (tertiary/aromatic N) is 1. The molecule has 0 bridgehead atoms. The van der Waals surface area contributed by atoms with Gasteiger partial charge < -0.3 is 0 Å². The summed E-state index contributed by atoms with van der Waals surface area (Å²) in [5.74, 6) is 0. The summed E-state index contributed by atoms with van der Waals surface area (Å²) in [5, 5.41) is 0.831. The fourth-order valence-corrected chi connectivity index (χ4v) is 2.62. The molecule has 2 nitrogen and oxygen atoms in total. The minimum absolute atomic E-state index is 0.831. The molecular formula is C17H17N2S+. The van der Waals surface area contributed by atoms with Crippen LogP contribution in [0.25, 0.3) is 16.9 Å². The van der Waals surface area contributed by atoms with E-state index in [0.29, 0.717) is 0 Å². The summed E-state index contributed by atoms with van der Waals surface area (Å²) in [6, 6.07) is 16.7. The maximum absolute atomic E-state index is 4.57. The van der Waals surface area contributed by atoms with Crippen LogP contribution in [0.15, 0.2) is 59.9 Å². The van der Waals surface area contributed by atoms with Crippen LogP contribution in [-0.4, -0.2) is 4.98 Å². The molecule has 1 aromatic heterocycles. The van der Waals surface area contributed by atoms with Gasteiger partial charge in [0.15, 0.2) is 5.69 Å². The van der Waals surface area contributed by atoms with Crippen molar-refractivity contribution in [1.29, 1.82) is 0 Å². The van der Waals surface area contributed by atoms with Gasteiger partial charge in [-0.15, -0.1) is 0 Å². The van der Waals surface area contributed by atoms with Gasteiger partial charge in [0.1, 0.15) is 11.9 Å². The normalized spacial score (nSPS) is 10.8. The zero-order chi connectivity index (χ0) is 14.1. The van der Waals surface area contributed by atoms with Crippen molar-refractivity contribution >= 4 is 12.6 Å². The highest BCUT2D eigenvalue weighted by molar-refractivity contribution is 7.79. The average Bonchev–Trinajstić information content (AvgIpc) is 2.84. The molecule has 0 saturated heterocycles. The van der Waals surface area contributed by atoms with Crippen molar-refractivity contribution in [2.45, 2.75) is 19.0 Å². The molecule has 0 spiro atoms. The number of benzene rings is 2. The number of thiol groups is 1. The van der Waals surface area contributed by atoms with E-state index in [-0.39, 0.29) is 0 Å². The van der Waals surface area contributed by atoms with Gasteiger partial charge in [-0.05, 0) is 31.0 Å². The molecule has 0 unspecified atom stereocenters. The Kier molecular flexibility index (Phi) is 3.36. The second kappa shape index (κ2) is 5.17. The molecule has 3 heteroatoms. The molecule has 3 rings (SSSR count). The molecule has 0 amide bonds. The number of aromatic amines is 1. The molecular weight excluding hydrogens is 264 g/mol. The summed E-state index contributed by atoms with van der Waals surface area (Å²) in [4.78, 5) is 3.33. The van der Waals surface area contributed by atoms with E-state index in [1.807, 2.05) is 18.2 Å². The van der Waals surface area contributed by atoms with Gasteiger partial charge in [0.05, 0.1) is 0 Å². The number of nitrogens with one attached hydrogen (secondary N) is 1. The van der Waals surface area contributed by atoms with Gasteiger partial charge in [0, 0.05) is 5.56 Å². The van der Waals surface area contributed by atoms with E-state index in [0.717, 1.165) is 22.1 Å². The fraction of sp³-hybridized carbons (Fsp3) is 0.118. The Morgan fingerprint density at radius 2 is 1.75 bits per heavy atom. The maximum Gasteiger partial charge on any atom is 0.318 e. The molecule has 1 heterocycles. The Bertz CT molecular complexity index is 745. The van der Waals surface area contributed by atoms with Gasteiger partial charge >= 0.3 is 5.16 Å². The second-order valence-corrected chi connectivity index (χ2v) is 5.44. The van der Waals surface area contributed by atoms with Crippen molar-refractivity contribution in [2.75, 3.05) is 0 Å². The van der Waals surface area contributed by atoms with Gasteiger partial charge in [-0.25, -0.2) is 4.98 Å². The standard InChI is InChI=1S/C17H16N2S/c1-12-8-9-13(2)16(10-12)19-11-15(18-17(19)20)14-6-4-3-5-7-14/h3-11H,1-2H3,(H,18,20)/p+1. The monoisotopic (exact) mass is 281 g/mol. The zero-order valence-electron chi connectivity index (χ0n) is 11.6. The number of imidazole rings is 1. The average molecular weight is 281 g/mol. The summed E-state index contributed by atoms with van der Waals surface area (Å²) < 4.78 is 2.09. The van der Waals surface area contributed by atoms with E-state index in [9.17, 15) is 0 Å². The Balaban J connectivity index is 2.12. The van der Waals surface area contributed by atoms with Gasteiger partial charge in [-0.2, -0.15) is 4.57 Å². The largest absolute Gasteiger partial charge is 0.318 e. The Morgan fingerprint density at radius 1 is 1.00 bits per heavy atom. The SMILES string of the molecule is Cc1ccc(C)c(-[n+]2cc(-c3ccccc3)[nH]c2S)c1. The lowest BCUT2D eigenvalue weighted by molar-refractivity contribution is -0.635. The van der Waals surface area contributed by atoms with Gasteiger partial charge in [-0.3, -0.25) is 0 Å². The molecule has 0 aliphatic carbocycles. The Labute approximate surface area is 124 Å². The minimum Gasteiger partial charge on any atom is -0.231 e. The first-order chi connectivity index (χ1) is 9.65. The van der Waals surface area contributed by atoms with E-state index < -0.39 is 0 Å². The predicted molar refractivity (Wildman–Crippen MR) is 84.5 cm³/mol. The molecule has 2 aromatic carbocycles. The lowest BCUT2D eigenvalue weighted by Crippen LogP contribution is -2.31. The van der Waals surface area contributed by atoms with Crippen molar-refractivity contribution in [3.8, 4) is 16.9 Å². The van der Waals surface area contributed by atoms with Crippen LogP contribution in [-0.2, 0) is 0 Å². The molecule has 0 fully saturated rings. The van der Waals surface area contributed by atoms with Crippen molar-refractivity contribution in [2.24, 2.45) is 0 Å². The third-order valence-corrected chi connectivity index (χ3v) is 3.77. The van der Waals surface area contributed by atoms with Crippen LogP contribution < -0.4 is 4.57 Å². The highest BCUT2D eigenvalue weighted by Crippen LogP contribution is 2.19. The minimum atomic E-state index is 0.831. The van der Waals surface area contributed by atoms with E-state index in [4.69, 9.17) is 0 Å². The third kappa shape index (κ3) is 2.37. The van der Waals surface area contributed by atoms with Crippen molar-refractivity contribution in [1.82, 2.24) is 4.98 Å². The number of aryl methyl sites for hydroxylation is 2. The number of aromatic nitrogens is 2. The summed E-state index contributed by atoms with van der Waals surface area (Å²) >= 11 is 4.57. The Morgan fingerprint density at radius 3 is 2.50 bits per heavy atom. The molecule has 1 N–H and O–H groups in total. The predicted octanol–water partition coefficient (Wildman–Crippen LogP) is 3.86. The summed E-state index contributed by atoms with van der Waals surface area (Å²) in [7, 11) is 0. The number of hydrogen-bond acceptors (Lipinski definition) is 1.